The van der Waals surface area contributed by atoms with Gasteiger partial charge in [-0.05, 0) is 32.1 Å². The summed E-state index contributed by atoms with van der Waals surface area (Å²) in [6, 6.07) is 0. The first kappa shape index (κ1) is 27.4. The third-order valence-corrected chi connectivity index (χ3v) is 5.50. The summed E-state index contributed by atoms with van der Waals surface area (Å²) in [7, 11) is 4.26. The van der Waals surface area contributed by atoms with Crippen molar-refractivity contribution in [2.75, 3.05) is 21.3 Å². The van der Waals surface area contributed by atoms with Crippen LogP contribution in [0, 0.1) is 11.8 Å². The molecule has 0 heterocycles. The second-order valence-corrected chi connectivity index (χ2v) is 7.75. The van der Waals surface area contributed by atoms with E-state index in [-0.39, 0.29) is 29.7 Å². The van der Waals surface area contributed by atoms with E-state index in [0.29, 0.717) is 19.3 Å². The predicted molar refractivity (Wildman–Crippen MR) is 113 cm³/mol. The van der Waals surface area contributed by atoms with Crippen LogP contribution in [0.5, 0.6) is 0 Å². The van der Waals surface area contributed by atoms with Crippen molar-refractivity contribution in [3.8, 4) is 0 Å². The highest BCUT2D eigenvalue weighted by molar-refractivity contribution is 5.73. The monoisotopic (exact) mass is 414 g/mol. The summed E-state index contributed by atoms with van der Waals surface area (Å²) in [4.78, 5) is 35.3. The van der Waals surface area contributed by atoms with E-state index in [4.69, 9.17) is 9.47 Å². The highest BCUT2D eigenvalue weighted by Crippen LogP contribution is 2.24. The lowest BCUT2D eigenvalue weighted by Crippen LogP contribution is -2.21. The van der Waals surface area contributed by atoms with Crippen molar-refractivity contribution in [3.05, 3.63) is 0 Å². The van der Waals surface area contributed by atoms with Crippen LogP contribution < -0.4 is 0 Å². The zero-order chi connectivity index (χ0) is 21.9. The largest absolute Gasteiger partial charge is 0.469 e. The molecule has 0 aliphatic carbocycles. The molecule has 0 rings (SSSR count). The summed E-state index contributed by atoms with van der Waals surface area (Å²) in [6.07, 6.45) is 12.7. The first-order chi connectivity index (χ1) is 14.0. The third-order valence-electron chi connectivity index (χ3n) is 5.50. The van der Waals surface area contributed by atoms with Gasteiger partial charge >= 0.3 is 17.9 Å². The van der Waals surface area contributed by atoms with Gasteiger partial charge in [-0.15, -0.1) is 0 Å². The molecular weight excluding hydrogens is 372 g/mol. The molecule has 170 valence electrons. The fraction of sp³-hybridized carbons (Fsp3) is 0.870. The molecule has 29 heavy (non-hydrogen) atoms. The van der Waals surface area contributed by atoms with Gasteiger partial charge in [0, 0.05) is 6.42 Å². The smallest absolute Gasteiger partial charge is 0.308 e. The Kier molecular flexibility index (Phi) is 17.4. The van der Waals surface area contributed by atoms with Crippen molar-refractivity contribution in [1.82, 2.24) is 0 Å². The van der Waals surface area contributed by atoms with E-state index in [2.05, 4.69) is 11.7 Å². The minimum absolute atomic E-state index is 0.137. The lowest BCUT2D eigenvalue weighted by atomic mass is 9.89. The molecule has 6 nitrogen and oxygen atoms in total. The maximum Gasteiger partial charge on any atom is 0.308 e. The maximum atomic E-state index is 12.1. The number of methoxy groups -OCH3 is 3. The van der Waals surface area contributed by atoms with Gasteiger partial charge in [0.2, 0.25) is 0 Å². The highest BCUT2D eigenvalue weighted by atomic mass is 16.5. The number of hydrogen-bond acceptors (Lipinski definition) is 6. The van der Waals surface area contributed by atoms with Crippen molar-refractivity contribution in [2.24, 2.45) is 11.8 Å². The van der Waals surface area contributed by atoms with Gasteiger partial charge in [0.15, 0.2) is 0 Å². The molecule has 2 unspecified atom stereocenters. The second-order valence-electron chi connectivity index (χ2n) is 7.75. The molecule has 0 aliphatic heterocycles. The molecule has 0 aliphatic rings. The Morgan fingerprint density at radius 1 is 0.586 bits per heavy atom. The lowest BCUT2D eigenvalue weighted by molar-refractivity contribution is -0.149. The minimum Gasteiger partial charge on any atom is -0.469 e. The summed E-state index contributed by atoms with van der Waals surface area (Å²) in [5, 5.41) is 0. The molecule has 2 atom stereocenters. The zero-order valence-corrected chi connectivity index (χ0v) is 19.0. The van der Waals surface area contributed by atoms with Gasteiger partial charge in [0.1, 0.15) is 0 Å². The Hall–Kier alpha value is -1.59. The summed E-state index contributed by atoms with van der Waals surface area (Å²) in [5.74, 6) is -0.827. The Labute approximate surface area is 177 Å². The van der Waals surface area contributed by atoms with Gasteiger partial charge in [-0.1, -0.05) is 58.3 Å². The zero-order valence-electron chi connectivity index (χ0n) is 19.0. The number of ether oxygens (including phenoxy) is 3. The minimum atomic E-state index is -0.190. The molecule has 0 amide bonds. The fourth-order valence-electron chi connectivity index (χ4n) is 3.61. The number of esters is 3. The predicted octanol–water partition coefficient (Wildman–Crippen LogP) is 5.22. The molecule has 0 saturated carbocycles. The summed E-state index contributed by atoms with van der Waals surface area (Å²) in [5.41, 5.74) is 0. The summed E-state index contributed by atoms with van der Waals surface area (Å²) < 4.78 is 14.6. The SMILES string of the molecule is CCCCCCC(CCC(CCCCCCCC(=O)OC)C(=O)OC)C(=O)OC. The van der Waals surface area contributed by atoms with E-state index in [1.165, 1.54) is 27.8 Å². The topological polar surface area (TPSA) is 78.9 Å². The highest BCUT2D eigenvalue weighted by Gasteiger charge is 2.24. The van der Waals surface area contributed by atoms with Crippen LogP contribution in [0.25, 0.3) is 0 Å². The van der Waals surface area contributed by atoms with Gasteiger partial charge in [-0.25, -0.2) is 0 Å². The Bertz CT molecular complexity index is 449. The number of carbonyl (C=O) groups excluding carboxylic acids is 3. The molecule has 0 spiro atoms. The van der Waals surface area contributed by atoms with Crippen LogP contribution in [0.2, 0.25) is 0 Å². The Morgan fingerprint density at radius 2 is 1.03 bits per heavy atom. The molecule has 6 heteroatoms. The van der Waals surface area contributed by atoms with Crippen LogP contribution in [0.1, 0.15) is 96.8 Å². The van der Waals surface area contributed by atoms with E-state index in [0.717, 1.165) is 64.2 Å². The molecule has 0 aromatic heterocycles. The van der Waals surface area contributed by atoms with Crippen LogP contribution in [-0.4, -0.2) is 39.2 Å². The molecule has 0 aromatic carbocycles. The first-order valence-corrected chi connectivity index (χ1v) is 11.2. The second kappa shape index (κ2) is 18.4. The van der Waals surface area contributed by atoms with Gasteiger partial charge < -0.3 is 14.2 Å². The molecule has 0 radical (unpaired) electrons. The molecule has 0 fully saturated rings. The molecule has 0 aromatic rings. The van der Waals surface area contributed by atoms with Crippen LogP contribution in [0.3, 0.4) is 0 Å². The number of unbranched alkanes of at least 4 members (excludes halogenated alkanes) is 7. The van der Waals surface area contributed by atoms with Crippen LogP contribution in [0.15, 0.2) is 0 Å². The van der Waals surface area contributed by atoms with E-state index < -0.39 is 0 Å². The van der Waals surface area contributed by atoms with Gasteiger partial charge in [-0.3, -0.25) is 14.4 Å². The van der Waals surface area contributed by atoms with Crippen LogP contribution in [0.4, 0.5) is 0 Å². The van der Waals surface area contributed by atoms with Crippen molar-refractivity contribution in [2.45, 2.75) is 96.8 Å². The molecular formula is C23H42O6. The molecule has 0 saturated heterocycles. The average Bonchev–Trinajstić information content (AvgIpc) is 2.74. The molecule has 0 N–H and O–H groups in total. The van der Waals surface area contributed by atoms with Crippen molar-refractivity contribution in [3.63, 3.8) is 0 Å². The lowest BCUT2D eigenvalue weighted by Gasteiger charge is -2.19. The van der Waals surface area contributed by atoms with Crippen LogP contribution >= 0.6 is 0 Å². The Morgan fingerprint density at radius 3 is 1.48 bits per heavy atom. The average molecular weight is 415 g/mol. The van der Waals surface area contributed by atoms with E-state index >= 15 is 0 Å². The van der Waals surface area contributed by atoms with Crippen LogP contribution in [-0.2, 0) is 28.6 Å². The number of rotatable bonds is 18. The molecule has 0 bridgehead atoms. The normalized spacial score (nSPS) is 12.8. The van der Waals surface area contributed by atoms with Gasteiger partial charge in [0.05, 0.1) is 33.2 Å². The summed E-state index contributed by atoms with van der Waals surface area (Å²) in [6.45, 7) is 2.16. The van der Waals surface area contributed by atoms with E-state index in [1.54, 1.807) is 0 Å². The third kappa shape index (κ3) is 14.1. The van der Waals surface area contributed by atoms with Gasteiger partial charge in [-0.2, -0.15) is 0 Å². The van der Waals surface area contributed by atoms with E-state index in [1.807, 2.05) is 0 Å². The first-order valence-electron chi connectivity index (χ1n) is 11.2. The standard InChI is InChI=1S/C23H42O6/c1-5-6-7-11-14-19(22(25)28-3)17-18-20(23(26)29-4)15-12-9-8-10-13-16-21(24)27-2/h19-20H,5-18H2,1-4H3. The maximum absolute atomic E-state index is 12.1. The number of carbonyl (C=O) groups is 3. The fourth-order valence-corrected chi connectivity index (χ4v) is 3.61. The van der Waals surface area contributed by atoms with Crippen molar-refractivity contribution < 1.29 is 28.6 Å². The summed E-state index contributed by atoms with van der Waals surface area (Å²) >= 11 is 0. The van der Waals surface area contributed by atoms with Crippen molar-refractivity contribution >= 4 is 17.9 Å². The Balaban J connectivity index is 4.30. The number of hydrogen-bond donors (Lipinski definition) is 0. The van der Waals surface area contributed by atoms with Gasteiger partial charge in [0.25, 0.3) is 0 Å². The quantitative estimate of drug-likeness (QED) is 0.174. The van der Waals surface area contributed by atoms with Crippen molar-refractivity contribution in [1.29, 1.82) is 0 Å². The van der Waals surface area contributed by atoms with E-state index in [9.17, 15) is 14.4 Å².